The van der Waals surface area contributed by atoms with E-state index in [-0.39, 0.29) is 0 Å². The van der Waals surface area contributed by atoms with E-state index in [1.165, 1.54) is 0 Å². The number of rotatable bonds is 3. The van der Waals surface area contributed by atoms with Crippen LogP contribution in [0.25, 0.3) is 21.9 Å². The van der Waals surface area contributed by atoms with Crippen LogP contribution >= 0.6 is 23.6 Å². The van der Waals surface area contributed by atoms with Gasteiger partial charge in [-0.05, 0) is 46.8 Å². The Morgan fingerprint density at radius 2 is 1.52 bits per heavy atom. The summed E-state index contributed by atoms with van der Waals surface area (Å²) in [7, 11) is 3.34. The maximum Gasteiger partial charge on any atom is 0.119 e. The maximum absolute atomic E-state index is 5.44. The highest BCUT2D eigenvalue weighted by Gasteiger charge is 2.07. The summed E-state index contributed by atoms with van der Waals surface area (Å²) in [5, 5.41) is 4.30. The molecule has 21 heavy (non-hydrogen) atoms. The molecule has 2 nitrogen and oxygen atoms in total. The molecular formula is C17H14O2S2. The molecule has 1 heterocycles. The number of benzene rings is 2. The summed E-state index contributed by atoms with van der Waals surface area (Å²) in [4.78, 5) is 0. The van der Waals surface area contributed by atoms with E-state index in [0.717, 1.165) is 37.2 Å². The molecule has 0 N–H and O–H groups in total. The lowest BCUT2D eigenvalue weighted by molar-refractivity contribution is 0.415. The van der Waals surface area contributed by atoms with Crippen LogP contribution in [-0.4, -0.2) is 14.2 Å². The van der Waals surface area contributed by atoms with Crippen LogP contribution in [0.15, 0.2) is 47.8 Å². The van der Waals surface area contributed by atoms with Gasteiger partial charge in [-0.3, -0.25) is 0 Å². The molecule has 0 saturated carbocycles. The van der Waals surface area contributed by atoms with Gasteiger partial charge < -0.3 is 9.47 Å². The second kappa shape index (κ2) is 5.84. The molecule has 0 fully saturated rings. The standard InChI is InChI=1S/C17H14O2S2/c1-18-12-5-3-11(4-6-12)16-10-21-17(20)14-8-7-13(19-2)9-15(14)16/h3-10H,1-2H3. The van der Waals surface area contributed by atoms with Gasteiger partial charge in [0.25, 0.3) is 0 Å². The number of methoxy groups -OCH3 is 2. The Morgan fingerprint density at radius 3 is 2.19 bits per heavy atom. The van der Waals surface area contributed by atoms with Gasteiger partial charge in [-0.25, -0.2) is 0 Å². The molecule has 0 unspecified atom stereocenters. The predicted octanol–water partition coefficient (Wildman–Crippen LogP) is 5.31. The van der Waals surface area contributed by atoms with Crippen molar-refractivity contribution in [1.82, 2.24) is 0 Å². The zero-order valence-electron chi connectivity index (χ0n) is 11.8. The van der Waals surface area contributed by atoms with Crippen LogP contribution in [0.2, 0.25) is 0 Å². The van der Waals surface area contributed by atoms with Crippen LogP contribution in [-0.2, 0) is 0 Å². The average molecular weight is 314 g/mol. The minimum Gasteiger partial charge on any atom is -0.497 e. The largest absolute Gasteiger partial charge is 0.497 e. The fourth-order valence-electron chi connectivity index (χ4n) is 2.28. The van der Waals surface area contributed by atoms with Crippen LogP contribution in [0, 0.1) is 3.82 Å². The highest BCUT2D eigenvalue weighted by Crippen LogP contribution is 2.34. The zero-order valence-corrected chi connectivity index (χ0v) is 13.4. The number of hydrogen-bond acceptors (Lipinski definition) is 4. The second-order valence-electron chi connectivity index (χ2n) is 4.58. The summed E-state index contributed by atoms with van der Waals surface area (Å²) in [6.45, 7) is 0. The summed E-state index contributed by atoms with van der Waals surface area (Å²) in [5.41, 5.74) is 2.30. The van der Waals surface area contributed by atoms with E-state index in [1.54, 1.807) is 25.6 Å². The molecule has 0 radical (unpaired) electrons. The molecule has 0 atom stereocenters. The molecule has 0 bridgehead atoms. The Morgan fingerprint density at radius 1 is 0.857 bits per heavy atom. The second-order valence-corrected chi connectivity index (χ2v) is 6.12. The molecule has 4 heteroatoms. The van der Waals surface area contributed by atoms with Crippen molar-refractivity contribution in [3.8, 4) is 22.6 Å². The van der Waals surface area contributed by atoms with Gasteiger partial charge in [0.1, 0.15) is 11.5 Å². The maximum atomic E-state index is 5.44. The Kier molecular flexibility index (Phi) is 3.90. The van der Waals surface area contributed by atoms with E-state index < -0.39 is 0 Å². The molecule has 3 rings (SSSR count). The topological polar surface area (TPSA) is 18.5 Å². The minimum absolute atomic E-state index is 0.836. The quantitative estimate of drug-likeness (QED) is 0.610. The van der Waals surface area contributed by atoms with Gasteiger partial charge in [0.05, 0.1) is 18.0 Å². The smallest absolute Gasteiger partial charge is 0.119 e. The van der Waals surface area contributed by atoms with Gasteiger partial charge in [-0.15, -0.1) is 11.3 Å². The van der Waals surface area contributed by atoms with Crippen molar-refractivity contribution in [2.45, 2.75) is 0 Å². The van der Waals surface area contributed by atoms with Crippen molar-refractivity contribution in [2.75, 3.05) is 14.2 Å². The van der Waals surface area contributed by atoms with Crippen molar-refractivity contribution in [3.63, 3.8) is 0 Å². The third kappa shape index (κ3) is 2.64. The first kappa shape index (κ1) is 14.0. The van der Waals surface area contributed by atoms with Gasteiger partial charge >= 0.3 is 0 Å². The lowest BCUT2D eigenvalue weighted by Gasteiger charge is -2.09. The molecule has 0 aliphatic heterocycles. The number of hydrogen-bond donors (Lipinski definition) is 0. The van der Waals surface area contributed by atoms with Crippen molar-refractivity contribution in [3.05, 3.63) is 51.7 Å². The highest BCUT2D eigenvalue weighted by molar-refractivity contribution is 7.73. The van der Waals surface area contributed by atoms with Crippen LogP contribution in [0.4, 0.5) is 0 Å². The van der Waals surface area contributed by atoms with Gasteiger partial charge in [0, 0.05) is 10.8 Å². The molecule has 0 aliphatic carbocycles. The van der Waals surface area contributed by atoms with E-state index in [2.05, 4.69) is 17.5 Å². The predicted molar refractivity (Wildman–Crippen MR) is 91.2 cm³/mol. The summed E-state index contributed by atoms with van der Waals surface area (Å²) in [5.74, 6) is 1.69. The van der Waals surface area contributed by atoms with Crippen LogP contribution in [0.1, 0.15) is 0 Å². The van der Waals surface area contributed by atoms with Gasteiger partial charge in [-0.1, -0.05) is 24.4 Å². The van der Waals surface area contributed by atoms with E-state index in [0.29, 0.717) is 0 Å². The summed E-state index contributed by atoms with van der Waals surface area (Å²) >= 11 is 7.02. The molecule has 0 saturated heterocycles. The third-order valence-electron chi connectivity index (χ3n) is 3.42. The fraction of sp³-hybridized carbons (Fsp3) is 0.118. The molecule has 0 aliphatic rings. The Balaban J connectivity index is 2.25. The first-order valence-electron chi connectivity index (χ1n) is 6.47. The number of ether oxygens (including phenoxy) is 2. The Bertz CT molecular complexity index is 836. The molecule has 0 amide bonds. The lowest BCUT2D eigenvalue weighted by Crippen LogP contribution is -1.86. The summed E-state index contributed by atoms with van der Waals surface area (Å²) < 4.78 is 11.4. The SMILES string of the molecule is COc1ccc(-c2csc(=S)c3ccc(OC)cc23)cc1. The van der Waals surface area contributed by atoms with E-state index in [4.69, 9.17) is 21.7 Å². The zero-order chi connectivity index (χ0) is 14.8. The fourth-order valence-corrected chi connectivity index (χ4v) is 3.40. The molecule has 2 aromatic carbocycles. The van der Waals surface area contributed by atoms with E-state index >= 15 is 0 Å². The Labute approximate surface area is 132 Å². The van der Waals surface area contributed by atoms with Crippen LogP contribution in [0.5, 0.6) is 11.5 Å². The Hall–Kier alpha value is -1.91. The van der Waals surface area contributed by atoms with Crippen LogP contribution in [0.3, 0.4) is 0 Å². The van der Waals surface area contributed by atoms with Crippen LogP contribution < -0.4 is 9.47 Å². The molecule has 1 aromatic heterocycles. The molecule has 106 valence electrons. The number of fused-ring (bicyclic) bond motifs is 1. The van der Waals surface area contributed by atoms with Crippen molar-refractivity contribution in [1.29, 1.82) is 0 Å². The third-order valence-corrected chi connectivity index (χ3v) is 4.72. The van der Waals surface area contributed by atoms with Crippen molar-refractivity contribution in [2.24, 2.45) is 0 Å². The molecule has 0 spiro atoms. The van der Waals surface area contributed by atoms with Gasteiger partial charge in [0.15, 0.2) is 0 Å². The monoisotopic (exact) mass is 314 g/mol. The van der Waals surface area contributed by atoms with Gasteiger partial charge in [0.2, 0.25) is 0 Å². The summed E-state index contributed by atoms with van der Waals surface area (Å²) in [6.07, 6.45) is 0. The van der Waals surface area contributed by atoms with Crippen molar-refractivity contribution < 1.29 is 9.47 Å². The van der Waals surface area contributed by atoms with E-state index in [9.17, 15) is 0 Å². The first-order chi connectivity index (χ1) is 10.2. The molecular weight excluding hydrogens is 300 g/mol. The highest BCUT2D eigenvalue weighted by atomic mass is 32.1. The first-order valence-corrected chi connectivity index (χ1v) is 7.75. The molecule has 3 aromatic rings. The average Bonchev–Trinajstić information content (AvgIpc) is 2.55. The lowest BCUT2D eigenvalue weighted by atomic mass is 10.0. The minimum atomic E-state index is 0.836. The van der Waals surface area contributed by atoms with Gasteiger partial charge in [-0.2, -0.15) is 0 Å². The van der Waals surface area contributed by atoms with E-state index in [1.807, 2.05) is 30.3 Å². The summed E-state index contributed by atoms with van der Waals surface area (Å²) in [6, 6.07) is 14.1. The van der Waals surface area contributed by atoms with Crippen molar-refractivity contribution >= 4 is 34.3 Å². The normalized spacial score (nSPS) is 10.6.